The molecule has 0 amide bonds. The highest BCUT2D eigenvalue weighted by molar-refractivity contribution is 5.18. The number of nitrogens with one attached hydrogen (secondary N) is 1. The molecule has 0 aliphatic rings. The third-order valence-electron chi connectivity index (χ3n) is 1.27. The molecule has 72 valence electrons. The zero-order valence-corrected chi connectivity index (χ0v) is 7.29. The number of phenols is 1. The van der Waals surface area contributed by atoms with Gasteiger partial charge in [0.2, 0.25) is 0 Å². The van der Waals surface area contributed by atoms with Crippen LogP contribution in [0.2, 0.25) is 0 Å². The van der Waals surface area contributed by atoms with Gasteiger partial charge < -0.3 is 5.11 Å². The number of H-pyrrole nitrogens is 1. The van der Waals surface area contributed by atoms with Gasteiger partial charge in [-0.05, 0) is 12.1 Å². The van der Waals surface area contributed by atoms with Crippen molar-refractivity contribution in [1.29, 1.82) is 0 Å². The first-order valence-corrected chi connectivity index (χ1v) is 3.89. The fourth-order valence-corrected chi connectivity index (χ4v) is 0.678. The molecule has 1 aromatic carbocycles. The first kappa shape index (κ1) is 9.91. The molecule has 5 nitrogen and oxygen atoms in total. The first-order chi connectivity index (χ1) is 6.79. The minimum absolute atomic E-state index is 0.227. The topological polar surface area (TPSA) is 78.9 Å². The second kappa shape index (κ2) is 5.47. The lowest BCUT2D eigenvalue weighted by atomic mass is 10.3. The van der Waals surface area contributed by atoms with E-state index in [2.05, 4.69) is 15.4 Å². The smallest absolute Gasteiger partial charge is 0.267 e. The number of aromatic amines is 1. The minimum atomic E-state index is -0.227. The maximum Gasteiger partial charge on any atom is 0.267 e. The van der Waals surface area contributed by atoms with E-state index in [1.807, 2.05) is 6.07 Å². The molecule has 0 saturated carbocycles. The van der Waals surface area contributed by atoms with Gasteiger partial charge in [0.25, 0.3) is 5.56 Å². The number of aromatic hydroxyl groups is 1. The van der Waals surface area contributed by atoms with E-state index < -0.39 is 0 Å². The second-order valence-corrected chi connectivity index (χ2v) is 2.34. The van der Waals surface area contributed by atoms with Gasteiger partial charge in [0.05, 0.1) is 6.20 Å². The maximum atomic E-state index is 10.1. The van der Waals surface area contributed by atoms with Crippen LogP contribution in [0.1, 0.15) is 0 Å². The van der Waals surface area contributed by atoms with Crippen molar-refractivity contribution in [3.8, 4) is 5.75 Å². The van der Waals surface area contributed by atoms with E-state index in [1.165, 1.54) is 12.3 Å². The van der Waals surface area contributed by atoms with Crippen molar-refractivity contribution in [3.05, 3.63) is 52.9 Å². The number of phenolic OH excluding ortho intramolecular Hbond substituents is 1. The van der Waals surface area contributed by atoms with E-state index in [9.17, 15) is 4.79 Å². The molecule has 2 aromatic rings. The number of rotatable bonds is 0. The number of hydrogen-bond donors (Lipinski definition) is 2. The summed E-state index contributed by atoms with van der Waals surface area (Å²) >= 11 is 0. The SMILES string of the molecule is O=c1ccnn[nH]1.Oc1ccccc1. The molecule has 0 radical (unpaired) electrons. The Balaban J connectivity index is 0.000000140. The van der Waals surface area contributed by atoms with Crippen LogP contribution in [0, 0.1) is 0 Å². The monoisotopic (exact) mass is 191 g/mol. The molecule has 14 heavy (non-hydrogen) atoms. The number of benzene rings is 1. The maximum absolute atomic E-state index is 10.1. The molecule has 0 atom stereocenters. The molecule has 1 heterocycles. The van der Waals surface area contributed by atoms with Crippen LogP contribution in [0.5, 0.6) is 5.75 Å². The predicted octanol–water partition coefficient (Wildman–Crippen LogP) is 0.557. The summed E-state index contributed by atoms with van der Waals surface area (Å²) in [4.78, 5) is 10.1. The zero-order chi connectivity index (χ0) is 10.2. The molecule has 5 heteroatoms. The number of aromatic nitrogens is 3. The van der Waals surface area contributed by atoms with Gasteiger partial charge in [0.1, 0.15) is 5.75 Å². The van der Waals surface area contributed by atoms with Crippen LogP contribution < -0.4 is 5.56 Å². The molecule has 1 aromatic heterocycles. The Bertz CT molecular complexity index is 396. The largest absolute Gasteiger partial charge is 0.508 e. The Morgan fingerprint density at radius 2 is 1.86 bits per heavy atom. The van der Waals surface area contributed by atoms with Crippen LogP contribution in [0.25, 0.3) is 0 Å². The van der Waals surface area contributed by atoms with Crippen LogP contribution in [-0.4, -0.2) is 20.5 Å². The van der Waals surface area contributed by atoms with Crippen LogP contribution >= 0.6 is 0 Å². The molecule has 0 aliphatic heterocycles. The highest BCUT2D eigenvalue weighted by atomic mass is 16.3. The van der Waals surface area contributed by atoms with Gasteiger partial charge in [-0.25, -0.2) is 5.10 Å². The molecule has 0 saturated heterocycles. The lowest BCUT2D eigenvalue weighted by Gasteiger charge is -1.82. The molecule has 0 aliphatic carbocycles. The van der Waals surface area contributed by atoms with Gasteiger partial charge in [0, 0.05) is 6.07 Å². The average molecular weight is 191 g/mol. The summed E-state index contributed by atoms with van der Waals surface area (Å²) in [7, 11) is 0. The quantitative estimate of drug-likeness (QED) is 0.637. The Morgan fingerprint density at radius 1 is 1.14 bits per heavy atom. The van der Waals surface area contributed by atoms with Crippen molar-refractivity contribution in [3.63, 3.8) is 0 Å². The first-order valence-electron chi connectivity index (χ1n) is 3.89. The van der Waals surface area contributed by atoms with Crippen LogP contribution in [0.15, 0.2) is 47.4 Å². The normalized spacial score (nSPS) is 8.57. The molecule has 0 spiro atoms. The van der Waals surface area contributed by atoms with E-state index >= 15 is 0 Å². The zero-order valence-electron chi connectivity index (χ0n) is 7.29. The van der Waals surface area contributed by atoms with Crippen molar-refractivity contribution in [2.45, 2.75) is 0 Å². The summed E-state index contributed by atoms with van der Waals surface area (Å²) in [5.41, 5.74) is -0.227. The number of para-hydroxylation sites is 1. The lowest BCUT2D eigenvalue weighted by molar-refractivity contribution is 0.475. The molecular formula is C9H9N3O2. The van der Waals surface area contributed by atoms with E-state index in [4.69, 9.17) is 5.11 Å². The van der Waals surface area contributed by atoms with Gasteiger partial charge in [-0.15, -0.1) is 5.10 Å². The Morgan fingerprint density at radius 3 is 2.14 bits per heavy atom. The van der Waals surface area contributed by atoms with Crippen LogP contribution in [0.4, 0.5) is 0 Å². The van der Waals surface area contributed by atoms with Crippen molar-refractivity contribution < 1.29 is 5.11 Å². The fourth-order valence-electron chi connectivity index (χ4n) is 0.678. The Hall–Kier alpha value is -2.17. The number of hydrogen-bond acceptors (Lipinski definition) is 4. The standard InChI is InChI=1S/C6H6O.C3H3N3O/c7-6-4-2-1-3-5-6;7-3-1-2-4-6-5-3/h1-5,7H;1-2H,(H,4,5,7). The molecule has 0 fully saturated rings. The van der Waals surface area contributed by atoms with Gasteiger partial charge in [0.15, 0.2) is 0 Å². The predicted molar refractivity (Wildman–Crippen MR) is 50.8 cm³/mol. The fraction of sp³-hybridized carbons (Fsp3) is 0. The summed E-state index contributed by atoms with van der Waals surface area (Å²) < 4.78 is 0. The van der Waals surface area contributed by atoms with Crippen molar-refractivity contribution in [2.24, 2.45) is 0 Å². The highest BCUT2D eigenvalue weighted by Crippen LogP contribution is 2.02. The van der Waals surface area contributed by atoms with Gasteiger partial charge in [-0.1, -0.05) is 23.4 Å². The van der Waals surface area contributed by atoms with Gasteiger partial charge in [-0.2, -0.15) is 0 Å². The third-order valence-corrected chi connectivity index (χ3v) is 1.27. The summed E-state index contributed by atoms with van der Waals surface area (Å²) in [6.45, 7) is 0. The van der Waals surface area contributed by atoms with Crippen LogP contribution in [0.3, 0.4) is 0 Å². The Labute approximate surface area is 80.0 Å². The summed E-state index contributed by atoms with van der Waals surface area (Å²) in [5, 5.41) is 17.3. The van der Waals surface area contributed by atoms with E-state index in [0.717, 1.165) is 0 Å². The molecule has 2 rings (SSSR count). The van der Waals surface area contributed by atoms with E-state index in [1.54, 1.807) is 24.3 Å². The third kappa shape index (κ3) is 4.01. The molecule has 0 bridgehead atoms. The summed E-state index contributed by atoms with van der Waals surface area (Å²) in [6.07, 6.45) is 1.33. The van der Waals surface area contributed by atoms with E-state index in [-0.39, 0.29) is 5.56 Å². The molecular weight excluding hydrogens is 182 g/mol. The summed E-state index contributed by atoms with van der Waals surface area (Å²) in [6, 6.07) is 10.0. The lowest BCUT2D eigenvalue weighted by Crippen LogP contribution is -2.05. The van der Waals surface area contributed by atoms with Gasteiger partial charge in [-0.3, -0.25) is 4.79 Å². The highest BCUT2D eigenvalue weighted by Gasteiger charge is 1.74. The second-order valence-electron chi connectivity index (χ2n) is 2.34. The van der Waals surface area contributed by atoms with Gasteiger partial charge >= 0.3 is 0 Å². The van der Waals surface area contributed by atoms with Crippen molar-refractivity contribution in [2.75, 3.05) is 0 Å². The average Bonchev–Trinajstić information content (AvgIpc) is 2.21. The Kier molecular flexibility index (Phi) is 3.87. The van der Waals surface area contributed by atoms with Crippen molar-refractivity contribution >= 4 is 0 Å². The van der Waals surface area contributed by atoms with Crippen molar-refractivity contribution in [1.82, 2.24) is 15.4 Å². The van der Waals surface area contributed by atoms with Crippen LogP contribution in [-0.2, 0) is 0 Å². The minimum Gasteiger partial charge on any atom is -0.508 e. The molecule has 2 N–H and O–H groups in total. The van der Waals surface area contributed by atoms with E-state index in [0.29, 0.717) is 5.75 Å². The number of nitrogens with zero attached hydrogens (tertiary/aromatic N) is 2. The molecule has 0 unspecified atom stereocenters. The summed E-state index contributed by atoms with van der Waals surface area (Å²) in [5.74, 6) is 0.322.